The van der Waals surface area contributed by atoms with Crippen LogP contribution in [0.25, 0.3) is 0 Å². The van der Waals surface area contributed by atoms with Crippen LogP contribution in [0.4, 0.5) is 0 Å². The highest BCUT2D eigenvalue weighted by atomic mass is 16.4. The number of carbonyl (C=O) groups is 3. The van der Waals surface area contributed by atoms with E-state index >= 15 is 0 Å². The number of carbonyl (C=O) groups excluding carboxylic acids is 2. The first-order chi connectivity index (χ1) is 14.5. The number of aliphatic carboxylic acids is 1. The van der Waals surface area contributed by atoms with Crippen molar-refractivity contribution < 1.29 is 19.5 Å². The summed E-state index contributed by atoms with van der Waals surface area (Å²) >= 11 is 0. The molecule has 30 heavy (non-hydrogen) atoms. The molecule has 1 atom stereocenters. The monoisotopic (exact) mass is 436 g/mol. The normalized spacial score (nSPS) is 20.9. The number of nitrogens with zero attached hydrogens (tertiary/aromatic N) is 3. The van der Waals surface area contributed by atoms with Crippen molar-refractivity contribution in [2.75, 3.05) is 65.4 Å². The Kier molecular flexibility index (Phi) is 11.1. The fourth-order valence-corrected chi connectivity index (χ4v) is 4.17. The van der Waals surface area contributed by atoms with Gasteiger partial charge in [-0.3, -0.25) is 24.2 Å². The van der Waals surface area contributed by atoms with Crippen molar-refractivity contribution in [2.24, 2.45) is 0 Å². The molecule has 2 fully saturated rings. The number of amides is 2. The molecule has 0 saturated carbocycles. The highest BCUT2D eigenvalue weighted by Gasteiger charge is 2.28. The molecule has 2 rings (SSSR count). The van der Waals surface area contributed by atoms with Gasteiger partial charge in [-0.2, -0.15) is 0 Å². The lowest BCUT2D eigenvalue weighted by Gasteiger charge is -2.37. The number of hydrogen-bond acceptors (Lipinski definition) is 6. The van der Waals surface area contributed by atoms with Crippen LogP contribution in [0.3, 0.4) is 0 Å². The van der Waals surface area contributed by atoms with E-state index in [0.29, 0.717) is 44.9 Å². The molecular weight excluding hydrogens is 397 g/mol. The molecule has 3 N–H and O–H groups in total. The van der Waals surface area contributed by atoms with Crippen LogP contribution in [0.1, 0.15) is 45.4 Å². The Labute approximate surface area is 180 Å². The summed E-state index contributed by atoms with van der Waals surface area (Å²) in [6, 6.07) is 0.459. The van der Waals surface area contributed by atoms with Gasteiger partial charge in [0, 0.05) is 64.7 Å². The van der Waals surface area contributed by atoms with Crippen LogP contribution in [-0.4, -0.2) is 109 Å². The standard InChI is InChI=1S/C21H39N5O4/c1-2-24-12-14-25(15-13-24)16-18-6-5-11-26(18)17-20(28)23-9-3-7-19(27)22-10-4-8-21(29)30/h18H,2-17H2,1H3,(H,22,27)(H,23,28)(H,29,30)/i5+1,6+1,11+1,12+1,14+1,16+1,17+1,18+1,20+1,22+1,23+1. The first kappa shape index (κ1) is 24.6. The molecule has 172 valence electrons. The topological polar surface area (TPSA) is 105 Å². The molecule has 0 aromatic carbocycles. The van der Waals surface area contributed by atoms with Crippen LogP contribution in [0.15, 0.2) is 0 Å². The zero-order valence-corrected chi connectivity index (χ0v) is 18.4. The Balaban J connectivity index is 1.55. The molecule has 1 unspecified atom stereocenters. The second-order valence-corrected chi connectivity index (χ2v) is 8.30. The predicted octanol–water partition coefficient (Wildman–Crippen LogP) is -0.0343. The van der Waals surface area contributed by atoms with Gasteiger partial charge in [-0.1, -0.05) is 6.92 Å². The summed E-state index contributed by atoms with van der Waals surface area (Å²) in [4.78, 5) is 41.7. The highest BCUT2D eigenvalue weighted by molar-refractivity contribution is 5.78. The zero-order chi connectivity index (χ0) is 21.8. The number of rotatable bonds is 13. The molecule has 0 aliphatic carbocycles. The van der Waals surface area contributed by atoms with E-state index in [2.05, 4.69) is 32.3 Å². The van der Waals surface area contributed by atoms with Gasteiger partial charge in [-0.15, -0.1) is 0 Å². The number of nitrogens with one attached hydrogen (secondary N) is 2. The van der Waals surface area contributed by atoms with E-state index in [4.69, 9.17) is 5.11 Å². The van der Waals surface area contributed by atoms with E-state index in [9.17, 15) is 14.4 Å². The van der Waals surface area contributed by atoms with Crippen molar-refractivity contribution in [1.82, 2.24) is 25.3 Å². The first-order valence-corrected chi connectivity index (χ1v) is 11.4. The van der Waals surface area contributed by atoms with Gasteiger partial charge in [-0.25, -0.2) is 0 Å². The molecule has 2 aliphatic rings. The number of piperazine rings is 1. The van der Waals surface area contributed by atoms with Crippen molar-refractivity contribution in [3.8, 4) is 0 Å². The van der Waals surface area contributed by atoms with E-state index in [-0.39, 0.29) is 18.2 Å². The molecule has 2 heterocycles. The fourth-order valence-electron chi connectivity index (χ4n) is 4.17. The maximum atomic E-state index is 12.3. The Morgan fingerprint density at radius 1 is 0.900 bits per heavy atom. The quantitative estimate of drug-likeness (QED) is 0.211. The van der Waals surface area contributed by atoms with E-state index in [1.54, 1.807) is 0 Å². The Morgan fingerprint density at radius 3 is 2.20 bits per heavy atom. The Bertz CT molecular complexity index is 552. The van der Waals surface area contributed by atoms with Crippen LogP contribution in [-0.2, 0) is 14.4 Å². The third kappa shape index (κ3) is 9.40. The second-order valence-electron chi connectivity index (χ2n) is 8.30. The maximum Gasteiger partial charge on any atom is 0.303 e. The van der Waals surface area contributed by atoms with Crippen molar-refractivity contribution in [3.05, 3.63) is 0 Å². The lowest BCUT2D eigenvalue weighted by Crippen LogP contribution is -2.51. The summed E-state index contributed by atoms with van der Waals surface area (Å²) in [5.74, 6) is -0.928. The van der Waals surface area contributed by atoms with Gasteiger partial charge in [0.05, 0.1) is 6.54 Å². The number of carboxylic acid groups (broad SMARTS) is 1. The predicted molar refractivity (Wildman–Crippen MR) is 115 cm³/mol. The molecule has 9 heteroatoms. The number of likely N-dealkylation sites (N-methyl/N-ethyl adjacent to an activating group) is 1. The van der Waals surface area contributed by atoms with Crippen LogP contribution < -0.4 is 10.6 Å². The third-order valence-electron chi connectivity index (χ3n) is 6.02. The fraction of sp³-hybridized carbons (Fsp3) is 0.857. The summed E-state index contributed by atoms with van der Waals surface area (Å²) in [6.07, 6.45) is 3.72. The summed E-state index contributed by atoms with van der Waals surface area (Å²) in [6.45, 7) is 11.1. The lowest BCUT2D eigenvalue weighted by molar-refractivity contribution is -0.137. The van der Waals surface area contributed by atoms with Gasteiger partial charge in [0.2, 0.25) is 11.8 Å². The molecule has 0 radical (unpaired) electrons. The highest BCUT2D eigenvalue weighted by Crippen LogP contribution is 2.18. The summed E-state index contributed by atoms with van der Waals surface area (Å²) < 4.78 is 0. The molecule has 0 spiro atoms. The van der Waals surface area contributed by atoms with Crippen LogP contribution in [0, 0.1) is 0 Å². The number of hydrogen-bond donors (Lipinski definition) is 3. The van der Waals surface area contributed by atoms with Crippen molar-refractivity contribution >= 4 is 17.8 Å². The molecule has 2 aliphatic heterocycles. The van der Waals surface area contributed by atoms with Crippen molar-refractivity contribution in [3.63, 3.8) is 0 Å². The van der Waals surface area contributed by atoms with Crippen LogP contribution >= 0.6 is 0 Å². The average Bonchev–Trinajstić information content (AvgIpc) is 3.15. The van der Waals surface area contributed by atoms with Gasteiger partial charge < -0.3 is 20.6 Å². The van der Waals surface area contributed by atoms with Crippen LogP contribution in [0.2, 0.25) is 0 Å². The summed E-state index contributed by atoms with van der Waals surface area (Å²) in [5.41, 5.74) is 0. The molecule has 2 amide bonds. The van der Waals surface area contributed by atoms with Crippen LogP contribution in [0.5, 0.6) is 0 Å². The minimum atomic E-state index is -0.855. The maximum absolute atomic E-state index is 12.3. The van der Waals surface area contributed by atoms with E-state index in [1.165, 1.54) is 0 Å². The third-order valence-corrected chi connectivity index (χ3v) is 6.02. The van der Waals surface area contributed by atoms with E-state index in [1.807, 2.05) is 0 Å². The molecule has 0 aromatic heterocycles. The number of likely N-dealkylation sites (tertiary alicyclic amines) is 1. The van der Waals surface area contributed by atoms with E-state index in [0.717, 1.165) is 58.7 Å². The molecule has 0 bridgehead atoms. The summed E-state index contributed by atoms with van der Waals surface area (Å²) in [5, 5.41) is 14.2. The van der Waals surface area contributed by atoms with E-state index < -0.39 is 5.97 Å². The van der Waals surface area contributed by atoms with Gasteiger partial charge in [0.25, 0.3) is 0 Å². The van der Waals surface area contributed by atoms with Gasteiger partial charge >= 0.3 is 5.97 Å². The minimum Gasteiger partial charge on any atom is -0.481 e. The van der Waals surface area contributed by atoms with Gasteiger partial charge in [0.15, 0.2) is 0 Å². The zero-order valence-electron chi connectivity index (χ0n) is 18.4. The molecule has 9 nitrogen and oxygen atoms in total. The summed E-state index contributed by atoms with van der Waals surface area (Å²) in [7, 11) is 0. The molecule has 0 aromatic rings. The second kappa shape index (κ2) is 13.6. The number of carboxylic acids is 1. The lowest BCUT2D eigenvalue weighted by atomic mass is 10.3. The molecular formula is C21H39N5O4. The minimum absolute atomic E-state index is 0.0274. The average molecular weight is 436 g/mol. The van der Waals surface area contributed by atoms with Crippen molar-refractivity contribution in [1.29, 1.82) is 0 Å². The van der Waals surface area contributed by atoms with Crippen molar-refractivity contribution in [2.45, 2.75) is 51.5 Å². The largest absolute Gasteiger partial charge is 0.481 e. The SMILES string of the molecule is CCN1CCN([13CH2][13CH]2[13CH2][13CH2][13CH2]N2[13CH2][13C](=O)[15NH]CCCC(=O)[15NH]CCCC(=O)O)[13CH2][13CH2]1. The Hall–Kier alpha value is -1.71. The Morgan fingerprint density at radius 2 is 1.53 bits per heavy atom. The van der Waals surface area contributed by atoms with Gasteiger partial charge in [0.1, 0.15) is 0 Å². The van der Waals surface area contributed by atoms with Gasteiger partial charge in [-0.05, 0) is 38.8 Å². The molecule has 2 saturated heterocycles. The smallest absolute Gasteiger partial charge is 0.303 e. The first-order valence-electron chi connectivity index (χ1n) is 11.4.